The van der Waals surface area contributed by atoms with Gasteiger partial charge in [-0.3, -0.25) is 30.5 Å². The lowest BCUT2D eigenvalue weighted by Gasteiger charge is -2.50. The van der Waals surface area contributed by atoms with Gasteiger partial charge in [0, 0.05) is 49.0 Å². The van der Waals surface area contributed by atoms with Crippen LogP contribution in [0.2, 0.25) is 0 Å². The molecule has 6 heterocycles. The van der Waals surface area contributed by atoms with Gasteiger partial charge in [0.25, 0.3) is 0 Å². The summed E-state index contributed by atoms with van der Waals surface area (Å²) < 4.78 is 8.23. The van der Waals surface area contributed by atoms with Gasteiger partial charge in [-0.1, -0.05) is 12.2 Å². The van der Waals surface area contributed by atoms with Crippen LogP contribution < -0.4 is 21.3 Å². The molecule has 12 heteroatoms. The number of carbonyl (C=O) groups is 2. The Labute approximate surface area is 246 Å². The minimum absolute atomic E-state index is 0.0250. The Morgan fingerprint density at radius 2 is 2.00 bits per heavy atom. The molecule has 0 radical (unpaired) electrons. The third-order valence-electron chi connectivity index (χ3n) is 9.32. The number of amides is 2. The Kier molecular flexibility index (Phi) is 7.67. The number of anilines is 1. The molecule has 2 bridgehead atoms. The highest BCUT2D eigenvalue weighted by Gasteiger charge is 2.53. The summed E-state index contributed by atoms with van der Waals surface area (Å²) in [5.74, 6) is -0.0565. The number of allylic oxidation sites excluding steroid dienone is 1. The van der Waals surface area contributed by atoms with Crippen molar-refractivity contribution in [2.75, 3.05) is 52.2 Å². The lowest BCUT2D eigenvalue weighted by molar-refractivity contribution is -0.176. The number of nitrogens with one attached hydrogen (secondary N) is 4. The second-order valence-electron chi connectivity index (χ2n) is 12.3. The van der Waals surface area contributed by atoms with Crippen LogP contribution in [0.5, 0.6) is 0 Å². The molecule has 42 heavy (non-hydrogen) atoms. The fourth-order valence-electron chi connectivity index (χ4n) is 7.13. The molecule has 5 aliphatic heterocycles. The lowest BCUT2D eigenvalue weighted by atomic mass is 9.99. The van der Waals surface area contributed by atoms with Crippen LogP contribution in [-0.4, -0.2) is 114 Å². The number of carbonyl (C=O) groups excluding carboxylic acids is 2. The fraction of sp³-hybridized carbons (Fsp3) is 0.600. The SMILES string of the molecule is CN(C)CCn1ccc2cc(NC3NCC4C(=O)N5C/C=C\CCCN6C(=O)COC7CCC(NC76)N5C4N3)ccc21. The standard InChI is InChI=1S/C30H43N9O3/c1-35(2)15-16-36-14-11-20-17-21(7-8-23(20)36)32-30-31-18-22-27(34-30)39-25-10-9-24-28(33-25)37(26(40)19-42-24)12-5-3-4-6-13-38(39)29(22)41/h4,6-8,11,14,17,22,24-25,27-28,30-34H,3,5,9-10,12-13,15-16,18-19H2,1-2H3/b6-4-. The summed E-state index contributed by atoms with van der Waals surface area (Å²) in [5.41, 5.74) is 2.23. The van der Waals surface area contributed by atoms with Crippen molar-refractivity contribution in [1.82, 2.24) is 40.3 Å². The van der Waals surface area contributed by atoms with Gasteiger partial charge in [0.1, 0.15) is 19.1 Å². The van der Waals surface area contributed by atoms with Crippen molar-refractivity contribution in [2.45, 2.75) is 63.1 Å². The van der Waals surface area contributed by atoms with E-state index >= 15 is 0 Å². The Bertz CT molecular complexity index is 1340. The smallest absolute Gasteiger partial charge is 0.249 e. The number of piperidine rings is 1. The predicted molar refractivity (Wildman–Crippen MR) is 160 cm³/mol. The maximum atomic E-state index is 13.7. The molecule has 5 aliphatic rings. The van der Waals surface area contributed by atoms with Crippen molar-refractivity contribution in [3.63, 3.8) is 0 Å². The zero-order valence-corrected chi connectivity index (χ0v) is 24.5. The topological polar surface area (TPSA) is 109 Å². The van der Waals surface area contributed by atoms with Gasteiger partial charge < -0.3 is 24.4 Å². The van der Waals surface area contributed by atoms with Crippen LogP contribution in [-0.2, 0) is 20.9 Å². The van der Waals surface area contributed by atoms with Gasteiger partial charge in [0.2, 0.25) is 11.8 Å². The van der Waals surface area contributed by atoms with Gasteiger partial charge in [0.05, 0.1) is 30.9 Å². The predicted octanol–water partition coefficient (Wildman–Crippen LogP) is 0.706. The molecule has 4 saturated heterocycles. The average molecular weight is 578 g/mol. The largest absolute Gasteiger partial charge is 0.365 e. The molecule has 4 N–H and O–H groups in total. The quantitative estimate of drug-likeness (QED) is 0.382. The van der Waals surface area contributed by atoms with Crippen LogP contribution in [0.4, 0.5) is 5.69 Å². The molecule has 4 fully saturated rings. The second kappa shape index (κ2) is 11.6. The lowest BCUT2D eigenvalue weighted by Crippen LogP contribution is -2.72. The highest BCUT2D eigenvalue weighted by molar-refractivity contribution is 5.84. The summed E-state index contributed by atoms with van der Waals surface area (Å²) >= 11 is 0. The third-order valence-corrected chi connectivity index (χ3v) is 9.32. The van der Waals surface area contributed by atoms with Crippen molar-refractivity contribution in [2.24, 2.45) is 5.92 Å². The van der Waals surface area contributed by atoms with E-state index in [1.165, 1.54) is 10.9 Å². The first kappa shape index (κ1) is 27.8. The number of hydrazine groups is 1. The number of hydrogen-bond donors (Lipinski definition) is 4. The average Bonchev–Trinajstić information content (AvgIpc) is 3.51. The molecule has 2 aromatic rings. The highest BCUT2D eigenvalue weighted by atomic mass is 16.5. The Morgan fingerprint density at radius 1 is 1.10 bits per heavy atom. The zero-order chi connectivity index (χ0) is 28.8. The number of aromatic nitrogens is 1. The van der Waals surface area contributed by atoms with Gasteiger partial charge >= 0.3 is 0 Å². The van der Waals surface area contributed by atoms with Gasteiger partial charge in [-0.2, -0.15) is 5.01 Å². The fourth-order valence-corrected chi connectivity index (χ4v) is 7.13. The van der Waals surface area contributed by atoms with Crippen LogP contribution in [0.25, 0.3) is 10.9 Å². The summed E-state index contributed by atoms with van der Waals surface area (Å²) in [6, 6.07) is 8.64. The Balaban J connectivity index is 1.10. The summed E-state index contributed by atoms with van der Waals surface area (Å²) in [4.78, 5) is 30.7. The number of nitrogens with zero attached hydrogens (tertiary/aromatic N) is 5. The molecule has 1 aromatic heterocycles. The van der Waals surface area contributed by atoms with Crippen molar-refractivity contribution in [3.8, 4) is 0 Å². The molecular formula is C30H43N9O3. The monoisotopic (exact) mass is 577 g/mol. The van der Waals surface area contributed by atoms with Crippen molar-refractivity contribution in [1.29, 1.82) is 0 Å². The first-order chi connectivity index (χ1) is 20.5. The number of ether oxygens (including phenoxy) is 1. The van der Waals surface area contributed by atoms with E-state index in [1.54, 1.807) is 0 Å². The zero-order valence-electron chi connectivity index (χ0n) is 24.5. The van der Waals surface area contributed by atoms with Crippen molar-refractivity contribution < 1.29 is 14.3 Å². The van der Waals surface area contributed by atoms with Crippen LogP contribution in [0.1, 0.15) is 25.7 Å². The van der Waals surface area contributed by atoms with E-state index in [9.17, 15) is 9.59 Å². The molecule has 226 valence electrons. The molecular weight excluding hydrogens is 534 g/mol. The first-order valence-electron chi connectivity index (χ1n) is 15.4. The molecule has 6 unspecified atom stereocenters. The van der Waals surface area contributed by atoms with E-state index < -0.39 is 0 Å². The van der Waals surface area contributed by atoms with E-state index in [-0.39, 0.29) is 55.2 Å². The molecule has 6 atom stereocenters. The molecule has 0 saturated carbocycles. The first-order valence-corrected chi connectivity index (χ1v) is 15.4. The van der Waals surface area contributed by atoms with Crippen molar-refractivity contribution >= 4 is 28.4 Å². The van der Waals surface area contributed by atoms with Gasteiger partial charge in [-0.25, -0.2) is 0 Å². The second-order valence-corrected chi connectivity index (χ2v) is 12.3. The summed E-state index contributed by atoms with van der Waals surface area (Å²) in [5, 5.41) is 19.9. The maximum Gasteiger partial charge on any atom is 0.249 e. The number of benzene rings is 1. The van der Waals surface area contributed by atoms with E-state index in [1.807, 2.05) is 9.91 Å². The van der Waals surface area contributed by atoms with Crippen LogP contribution in [0.3, 0.4) is 0 Å². The van der Waals surface area contributed by atoms with Crippen LogP contribution in [0.15, 0.2) is 42.6 Å². The molecule has 12 nitrogen and oxygen atoms in total. The molecule has 2 amide bonds. The highest BCUT2D eigenvalue weighted by Crippen LogP contribution is 2.33. The summed E-state index contributed by atoms with van der Waals surface area (Å²) in [6.45, 7) is 3.90. The van der Waals surface area contributed by atoms with Gasteiger partial charge in [-0.05, 0) is 64.0 Å². The third kappa shape index (κ3) is 5.20. The number of likely N-dealkylation sites (N-methyl/N-ethyl adjacent to an activating group) is 1. The minimum atomic E-state index is -0.213. The number of morpholine rings is 1. The minimum Gasteiger partial charge on any atom is -0.365 e. The summed E-state index contributed by atoms with van der Waals surface area (Å²) in [7, 11) is 4.19. The van der Waals surface area contributed by atoms with E-state index in [4.69, 9.17) is 4.74 Å². The molecule has 7 rings (SSSR count). The number of hydrogen-bond acceptors (Lipinski definition) is 9. The Morgan fingerprint density at radius 3 is 2.88 bits per heavy atom. The number of rotatable bonds is 5. The van der Waals surface area contributed by atoms with Crippen LogP contribution in [0, 0.1) is 5.92 Å². The molecule has 0 spiro atoms. The maximum absolute atomic E-state index is 13.7. The van der Waals surface area contributed by atoms with Gasteiger partial charge in [0.15, 0.2) is 0 Å². The van der Waals surface area contributed by atoms with E-state index in [0.29, 0.717) is 19.6 Å². The van der Waals surface area contributed by atoms with Crippen molar-refractivity contribution in [3.05, 3.63) is 42.6 Å². The Hall–Kier alpha value is -3.00. The van der Waals surface area contributed by atoms with E-state index in [2.05, 4.69) is 92.5 Å². The van der Waals surface area contributed by atoms with Gasteiger partial charge in [-0.15, -0.1) is 0 Å². The van der Waals surface area contributed by atoms with E-state index in [0.717, 1.165) is 44.5 Å². The number of fused-ring (bicyclic) bond motifs is 6. The summed E-state index contributed by atoms with van der Waals surface area (Å²) in [6.07, 6.45) is 9.11. The molecule has 0 aliphatic carbocycles. The van der Waals surface area contributed by atoms with Crippen LogP contribution >= 0.6 is 0 Å². The molecule has 1 aromatic carbocycles. The normalized spacial score (nSPS) is 32.8.